The molecule has 12 rings (SSSR count). The smallest absolute Gasteiger partial charge is 0.0234 e. The molecule has 6 aliphatic rings. The Kier molecular flexibility index (Phi) is 14.5. The lowest BCUT2D eigenvalue weighted by Crippen LogP contribution is -2.37. The minimum atomic E-state index is -0.354. The zero-order valence-corrected chi connectivity index (χ0v) is 56.3. The Morgan fingerprint density at radius 3 is 0.790 bits per heavy atom. The van der Waals surface area contributed by atoms with Crippen LogP contribution in [0.5, 0.6) is 0 Å². The highest BCUT2D eigenvalue weighted by molar-refractivity contribution is 7.68. The quantitative estimate of drug-likeness (QED) is 0.151. The van der Waals surface area contributed by atoms with E-state index >= 15 is 0 Å². The molecular weight excluding hydrogens is 992 g/mol. The molecule has 432 valence electrons. The summed E-state index contributed by atoms with van der Waals surface area (Å²) in [5.41, 5.74) is 29.3. The van der Waals surface area contributed by atoms with Crippen LogP contribution in [0.2, 0.25) is 0 Å². The van der Waals surface area contributed by atoms with Crippen LogP contribution in [0.3, 0.4) is 0 Å². The molecule has 1 atom stereocenters. The molecule has 6 aromatic carbocycles. The van der Waals surface area contributed by atoms with Crippen LogP contribution in [-0.4, -0.2) is 10.3 Å². The van der Waals surface area contributed by atoms with E-state index in [1.54, 1.807) is 94.3 Å². The summed E-state index contributed by atoms with van der Waals surface area (Å²) < 4.78 is 0. The fourth-order valence-electron chi connectivity index (χ4n) is 20.2. The van der Waals surface area contributed by atoms with Gasteiger partial charge in [-0.05, 0) is 214 Å². The zero-order chi connectivity index (χ0) is 59.3. The standard InChI is InChI=1S/C30H43P.2C25H32/c1-20-14-12-15-21-24(20)30(18-28(21,8)9)19-29(10,11)22-16-13-17-23(25(22)30)31(26(2,3)4)27(5,6)7;2*1-7-17-11-9-13-19-21(17)25(15-23(19,3)4)16-24(5,6)20-14-10-12-18(8-2)22(20)25/h12-17H,18-19H2,1-11H3;2*9-14H,7-8,15-16H2,1-6H3/t30-;;/m0../s1. The molecule has 6 aliphatic carbocycles. The van der Waals surface area contributed by atoms with E-state index in [0.717, 1.165) is 25.7 Å². The van der Waals surface area contributed by atoms with Crippen LogP contribution in [0.1, 0.15) is 285 Å². The third-order valence-electron chi connectivity index (χ3n) is 21.7. The molecule has 0 aliphatic heterocycles. The summed E-state index contributed by atoms with van der Waals surface area (Å²) in [7, 11) is -0.354. The Morgan fingerprint density at radius 1 is 0.309 bits per heavy atom. The van der Waals surface area contributed by atoms with E-state index in [1.807, 2.05) is 0 Å². The van der Waals surface area contributed by atoms with Gasteiger partial charge in [-0.3, -0.25) is 0 Å². The SMILES string of the molecule is CCc1cccc2c1C1(CC2(C)C)CC(C)(C)c2cccc(CC)c21.CCc1cccc2c1C1(CC2(C)C)CC(C)(C)c2cccc(CC)c21.Cc1cccc2c1[C@]1(CC2(C)C)CC(C)(C)c2cccc(P(C(C)(C)C)C(C)(C)C)c21. The van der Waals surface area contributed by atoms with Gasteiger partial charge in [-0.2, -0.15) is 0 Å². The van der Waals surface area contributed by atoms with Gasteiger partial charge in [-0.15, -0.1) is 0 Å². The number of hydrogen-bond donors (Lipinski definition) is 0. The van der Waals surface area contributed by atoms with Gasteiger partial charge in [-0.1, -0.05) is 269 Å². The molecule has 6 aromatic rings. The van der Waals surface area contributed by atoms with Gasteiger partial charge >= 0.3 is 0 Å². The van der Waals surface area contributed by atoms with Gasteiger partial charge in [-0.25, -0.2) is 0 Å². The maximum absolute atomic E-state index is 2.51. The molecule has 0 saturated carbocycles. The summed E-state index contributed by atoms with van der Waals surface area (Å²) in [6.45, 7) is 56.0. The van der Waals surface area contributed by atoms with Crippen LogP contribution in [0.15, 0.2) is 109 Å². The van der Waals surface area contributed by atoms with Crippen molar-refractivity contribution in [2.45, 2.75) is 283 Å². The topological polar surface area (TPSA) is 0 Å². The second kappa shape index (κ2) is 19.7. The van der Waals surface area contributed by atoms with Crippen molar-refractivity contribution in [3.05, 3.63) is 204 Å². The van der Waals surface area contributed by atoms with E-state index in [4.69, 9.17) is 0 Å². The highest BCUT2D eigenvalue weighted by Gasteiger charge is 2.61. The van der Waals surface area contributed by atoms with Crippen molar-refractivity contribution in [2.24, 2.45) is 0 Å². The second-order valence-electron chi connectivity index (χ2n) is 32.8. The lowest BCUT2D eigenvalue weighted by atomic mass is 9.70. The fourth-order valence-corrected chi connectivity index (χ4v) is 24.5. The van der Waals surface area contributed by atoms with Crippen LogP contribution in [0, 0.1) is 6.92 Å². The Balaban J connectivity index is 0.000000137. The summed E-state index contributed by atoms with van der Waals surface area (Å²) in [4.78, 5) is 0. The number of aryl methyl sites for hydroxylation is 5. The van der Waals surface area contributed by atoms with E-state index in [1.165, 1.54) is 44.1 Å². The zero-order valence-electron chi connectivity index (χ0n) is 55.4. The van der Waals surface area contributed by atoms with Crippen molar-refractivity contribution in [1.29, 1.82) is 0 Å². The van der Waals surface area contributed by atoms with Crippen molar-refractivity contribution in [3.8, 4) is 0 Å². The number of rotatable bonds is 5. The largest absolute Gasteiger partial charge is 0.0639 e. The molecule has 0 bridgehead atoms. The minimum Gasteiger partial charge on any atom is -0.0639 e. The van der Waals surface area contributed by atoms with Crippen LogP contribution in [-0.2, 0) is 74.4 Å². The van der Waals surface area contributed by atoms with Gasteiger partial charge in [0.05, 0.1) is 0 Å². The summed E-state index contributed by atoms with van der Waals surface area (Å²) >= 11 is 0. The predicted molar refractivity (Wildman–Crippen MR) is 355 cm³/mol. The predicted octanol–water partition coefficient (Wildman–Crippen LogP) is 21.3. The van der Waals surface area contributed by atoms with E-state index in [2.05, 4.69) is 268 Å². The Labute approximate surface area is 496 Å². The molecular formula is C80H107P. The minimum absolute atomic E-state index is 0.136. The first-order valence-corrected chi connectivity index (χ1v) is 33.5. The Bertz CT molecular complexity index is 3110. The molecule has 0 amide bonds. The highest BCUT2D eigenvalue weighted by Crippen LogP contribution is 2.69. The second-order valence-corrected chi connectivity index (χ2v) is 36.6. The first kappa shape index (κ1) is 59.9. The molecule has 0 saturated heterocycles. The summed E-state index contributed by atoms with van der Waals surface area (Å²) in [5.74, 6) is 0. The fraction of sp³-hybridized carbons (Fsp3) is 0.550. The van der Waals surface area contributed by atoms with Crippen LogP contribution < -0.4 is 5.30 Å². The Morgan fingerprint density at radius 2 is 0.531 bits per heavy atom. The van der Waals surface area contributed by atoms with Gasteiger partial charge in [0.15, 0.2) is 0 Å². The molecule has 3 spiro atoms. The first-order valence-electron chi connectivity index (χ1n) is 32.1. The molecule has 0 aromatic heterocycles. The van der Waals surface area contributed by atoms with E-state index in [0.29, 0.717) is 0 Å². The van der Waals surface area contributed by atoms with Gasteiger partial charge in [0, 0.05) is 16.2 Å². The monoisotopic (exact) mass is 1100 g/mol. The molecule has 0 nitrogen and oxygen atoms in total. The lowest BCUT2D eigenvalue weighted by Gasteiger charge is -2.44. The molecule has 81 heavy (non-hydrogen) atoms. The van der Waals surface area contributed by atoms with Crippen molar-refractivity contribution >= 4 is 13.2 Å². The maximum atomic E-state index is 2.51. The van der Waals surface area contributed by atoms with Gasteiger partial charge in [0.1, 0.15) is 0 Å². The van der Waals surface area contributed by atoms with Crippen molar-refractivity contribution < 1.29 is 0 Å². The third kappa shape index (κ3) is 9.19. The van der Waals surface area contributed by atoms with Gasteiger partial charge in [0.25, 0.3) is 0 Å². The van der Waals surface area contributed by atoms with Gasteiger partial charge < -0.3 is 0 Å². The number of fused-ring (bicyclic) bond motifs is 12. The third-order valence-corrected chi connectivity index (χ3v) is 25.3. The molecule has 0 N–H and O–H groups in total. The molecule has 0 heterocycles. The number of benzene rings is 6. The average Bonchev–Trinajstić information content (AvgIpc) is 2.41. The van der Waals surface area contributed by atoms with Crippen molar-refractivity contribution in [2.75, 3.05) is 0 Å². The maximum Gasteiger partial charge on any atom is 0.0234 e. The first-order chi connectivity index (χ1) is 37.6. The van der Waals surface area contributed by atoms with Crippen LogP contribution >= 0.6 is 7.92 Å². The van der Waals surface area contributed by atoms with Gasteiger partial charge in [0.2, 0.25) is 0 Å². The Hall–Kier alpha value is -4.25. The normalized spacial score (nSPS) is 22.4. The summed E-state index contributed by atoms with van der Waals surface area (Å²) in [6.07, 6.45) is 12.0. The average molecular weight is 1100 g/mol. The van der Waals surface area contributed by atoms with Crippen LogP contribution in [0.25, 0.3) is 0 Å². The van der Waals surface area contributed by atoms with E-state index in [9.17, 15) is 0 Å². The molecule has 1 heteroatoms. The van der Waals surface area contributed by atoms with E-state index < -0.39 is 0 Å². The molecule has 0 radical (unpaired) electrons. The van der Waals surface area contributed by atoms with E-state index in [-0.39, 0.29) is 67.0 Å². The van der Waals surface area contributed by atoms with Crippen molar-refractivity contribution in [1.82, 2.24) is 0 Å². The summed E-state index contributed by atoms with van der Waals surface area (Å²) in [5, 5.41) is 2.20. The van der Waals surface area contributed by atoms with Crippen LogP contribution in [0.4, 0.5) is 0 Å². The summed E-state index contributed by atoms with van der Waals surface area (Å²) in [6, 6.07) is 42.6. The highest BCUT2D eigenvalue weighted by atomic mass is 31.1. The molecule has 0 unspecified atom stereocenters. The lowest BCUT2D eigenvalue weighted by molar-refractivity contribution is 0.347. The molecule has 0 fully saturated rings. The number of hydrogen-bond acceptors (Lipinski definition) is 0. The van der Waals surface area contributed by atoms with Crippen molar-refractivity contribution in [3.63, 3.8) is 0 Å².